The minimum absolute atomic E-state index is 0.000583. The molecule has 0 aliphatic carbocycles. The maximum Gasteiger partial charge on any atom is 0.335 e. The van der Waals surface area contributed by atoms with Crippen molar-refractivity contribution in [1.82, 2.24) is 14.5 Å². The molecule has 232 valence electrons. The molecule has 45 heavy (non-hydrogen) atoms. The highest BCUT2D eigenvalue weighted by Crippen LogP contribution is 2.38. The largest absolute Gasteiger partial charge is 0.478 e. The number of carbonyl (C=O) groups is 3. The Hall–Kier alpha value is -4.54. The van der Waals surface area contributed by atoms with E-state index >= 15 is 0 Å². The number of methoxy groups -OCH3 is 1. The molecule has 11 heteroatoms. The van der Waals surface area contributed by atoms with Crippen LogP contribution in [0.2, 0.25) is 5.02 Å². The number of aromatic carboxylic acids is 1. The van der Waals surface area contributed by atoms with Crippen molar-refractivity contribution in [3.8, 4) is 5.69 Å². The summed E-state index contributed by atoms with van der Waals surface area (Å²) in [5.74, 6) is -2.34. The van der Waals surface area contributed by atoms with Crippen molar-refractivity contribution in [2.24, 2.45) is 0 Å². The van der Waals surface area contributed by atoms with E-state index in [1.54, 1.807) is 25.3 Å². The molecule has 9 nitrogen and oxygen atoms in total. The number of nitrogens with zero attached hydrogens (tertiary/aromatic N) is 4. The first-order chi connectivity index (χ1) is 21.7. The van der Waals surface area contributed by atoms with Gasteiger partial charge in [-0.2, -0.15) is 0 Å². The minimum atomic E-state index is -1.05. The first-order valence-corrected chi connectivity index (χ1v) is 15.2. The molecule has 0 unspecified atom stereocenters. The predicted molar refractivity (Wildman–Crippen MR) is 167 cm³/mol. The average molecular weight is 631 g/mol. The quantitative estimate of drug-likeness (QED) is 0.273. The zero-order valence-electron chi connectivity index (χ0n) is 24.7. The number of piperidine rings is 1. The number of ketones is 1. The van der Waals surface area contributed by atoms with Crippen molar-refractivity contribution in [1.29, 1.82) is 0 Å². The monoisotopic (exact) mass is 630 g/mol. The van der Waals surface area contributed by atoms with Crippen LogP contribution in [0.3, 0.4) is 0 Å². The molecule has 3 aromatic carbocycles. The van der Waals surface area contributed by atoms with Crippen LogP contribution in [0.15, 0.2) is 73.2 Å². The van der Waals surface area contributed by atoms with Crippen molar-refractivity contribution >= 4 is 34.9 Å². The molecule has 1 N–H and O–H groups in total. The van der Waals surface area contributed by atoms with E-state index in [0.717, 1.165) is 42.7 Å². The summed E-state index contributed by atoms with van der Waals surface area (Å²) < 4.78 is 21.7. The summed E-state index contributed by atoms with van der Waals surface area (Å²) in [5.41, 5.74) is 3.83. The molecule has 0 spiro atoms. The number of hydrogen-bond donors (Lipinski definition) is 1. The van der Waals surface area contributed by atoms with Crippen molar-refractivity contribution in [2.45, 2.75) is 37.8 Å². The smallest absolute Gasteiger partial charge is 0.335 e. The predicted octanol–water partition coefficient (Wildman–Crippen LogP) is 5.53. The van der Waals surface area contributed by atoms with Gasteiger partial charge in [0, 0.05) is 45.0 Å². The number of benzene rings is 3. The molecule has 0 radical (unpaired) electrons. The molecule has 0 bridgehead atoms. The molecule has 1 saturated heterocycles. The first kappa shape index (κ1) is 30.5. The normalized spacial score (nSPS) is 16.8. The zero-order valence-corrected chi connectivity index (χ0v) is 25.4. The summed E-state index contributed by atoms with van der Waals surface area (Å²) in [4.78, 5) is 47.7. The fourth-order valence-electron chi connectivity index (χ4n) is 6.31. The number of carbonyl (C=O) groups excluding carboxylic acids is 2. The Morgan fingerprint density at radius 3 is 2.42 bits per heavy atom. The van der Waals surface area contributed by atoms with Crippen molar-refractivity contribution in [2.75, 3.05) is 31.6 Å². The lowest BCUT2D eigenvalue weighted by molar-refractivity contribution is -0.123. The lowest BCUT2D eigenvalue weighted by Gasteiger charge is -2.40. The van der Waals surface area contributed by atoms with Crippen LogP contribution < -0.4 is 4.90 Å². The van der Waals surface area contributed by atoms with Gasteiger partial charge in [0.2, 0.25) is 0 Å². The van der Waals surface area contributed by atoms with Crippen LogP contribution in [0.5, 0.6) is 0 Å². The van der Waals surface area contributed by atoms with E-state index in [2.05, 4.69) is 16.0 Å². The molecule has 0 saturated carbocycles. The molecular formula is C34H32ClFN4O5. The summed E-state index contributed by atoms with van der Waals surface area (Å²) in [7, 11) is 1.73. The van der Waals surface area contributed by atoms with Gasteiger partial charge in [0.15, 0.2) is 11.6 Å². The number of halogens is 2. The Balaban J connectivity index is 1.34. The number of amides is 1. The number of fused-ring (bicyclic) bond motifs is 1. The van der Waals surface area contributed by atoms with Gasteiger partial charge in [-0.1, -0.05) is 41.9 Å². The number of ether oxygens (including phenoxy) is 1. The minimum Gasteiger partial charge on any atom is -0.478 e. The van der Waals surface area contributed by atoms with E-state index < -0.39 is 23.7 Å². The van der Waals surface area contributed by atoms with E-state index in [0.29, 0.717) is 12.0 Å². The number of aromatic nitrogens is 2. The standard InChI is InChI=1S/C34H32ClFN4O5/c1-45-23-12-15-38(16-13-23)28-6-2-4-25-24(28)14-17-40(32(25)30(41)18-21-8-10-22(11-9-21)34(43)44)33(42)27-19-39(20-37-27)29-7-3-5-26(35)31(29)36/h2-11,19-20,23,32H,12-18H2,1H3,(H,43,44)/t32-/m0/s1. The molecule has 1 amide bonds. The second-order valence-corrected chi connectivity index (χ2v) is 11.7. The highest BCUT2D eigenvalue weighted by molar-refractivity contribution is 6.30. The van der Waals surface area contributed by atoms with E-state index in [-0.39, 0.29) is 46.8 Å². The molecule has 3 heterocycles. The number of rotatable bonds is 8. The van der Waals surface area contributed by atoms with Crippen molar-refractivity contribution < 1.29 is 28.6 Å². The van der Waals surface area contributed by atoms with E-state index in [4.69, 9.17) is 16.3 Å². The fourth-order valence-corrected chi connectivity index (χ4v) is 6.48. The molecule has 2 aliphatic rings. The molecule has 6 rings (SSSR count). The second kappa shape index (κ2) is 12.8. The lowest BCUT2D eigenvalue weighted by Crippen LogP contribution is -2.45. The molecule has 1 atom stereocenters. The van der Waals surface area contributed by atoms with Gasteiger partial charge in [0.25, 0.3) is 5.91 Å². The van der Waals surface area contributed by atoms with Crippen LogP contribution in [0, 0.1) is 5.82 Å². The van der Waals surface area contributed by atoms with Crippen molar-refractivity contribution in [3.05, 3.63) is 112 Å². The highest BCUT2D eigenvalue weighted by Gasteiger charge is 2.38. The van der Waals surface area contributed by atoms with E-state index in [1.165, 1.54) is 46.3 Å². The lowest BCUT2D eigenvalue weighted by atomic mass is 9.86. The number of carboxylic acids is 1. The Labute approximate surface area is 264 Å². The SMILES string of the molecule is COC1CCN(c2cccc3c2CCN(C(=O)c2cn(-c4cccc(Cl)c4F)cn2)[C@@H]3C(=O)Cc2ccc(C(=O)O)cc2)CC1. The van der Waals surface area contributed by atoms with Crippen LogP contribution in [-0.4, -0.2) is 70.1 Å². The Kier molecular flexibility index (Phi) is 8.69. The first-order valence-electron chi connectivity index (χ1n) is 14.8. The Bertz CT molecular complexity index is 1750. The third-order valence-corrected chi connectivity index (χ3v) is 8.96. The summed E-state index contributed by atoms with van der Waals surface area (Å²) in [5, 5.41) is 9.23. The Morgan fingerprint density at radius 1 is 1.00 bits per heavy atom. The molecule has 4 aromatic rings. The molecule has 2 aliphatic heterocycles. The van der Waals surface area contributed by atoms with Crippen LogP contribution in [0.4, 0.5) is 10.1 Å². The topological polar surface area (TPSA) is 105 Å². The summed E-state index contributed by atoms with van der Waals surface area (Å²) in [6.45, 7) is 1.93. The van der Waals surface area contributed by atoms with Gasteiger partial charge in [0.05, 0.1) is 22.4 Å². The van der Waals surface area contributed by atoms with Gasteiger partial charge >= 0.3 is 5.97 Å². The average Bonchev–Trinajstić information content (AvgIpc) is 3.55. The summed E-state index contributed by atoms with van der Waals surface area (Å²) >= 11 is 5.97. The number of anilines is 1. The van der Waals surface area contributed by atoms with Crippen LogP contribution >= 0.6 is 11.6 Å². The summed E-state index contributed by atoms with van der Waals surface area (Å²) in [6, 6.07) is 15.7. The third kappa shape index (κ3) is 6.08. The molecule has 1 fully saturated rings. The third-order valence-electron chi connectivity index (χ3n) is 8.67. The van der Waals surface area contributed by atoms with Gasteiger partial charge in [-0.05, 0) is 66.3 Å². The fraction of sp³-hybridized carbons (Fsp3) is 0.294. The van der Waals surface area contributed by atoms with Gasteiger partial charge in [0.1, 0.15) is 18.1 Å². The number of hydrogen-bond acceptors (Lipinski definition) is 6. The van der Waals surface area contributed by atoms with E-state index in [9.17, 15) is 23.9 Å². The van der Waals surface area contributed by atoms with Gasteiger partial charge in [-0.15, -0.1) is 0 Å². The number of imidazole rings is 1. The van der Waals surface area contributed by atoms with Crippen LogP contribution in [-0.2, 0) is 22.4 Å². The maximum atomic E-state index is 14.7. The number of Topliss-reactive ketones (excluding diaryl/α,β-unsaturated/α-hetero) is 1. The summed E-state index contributed by atoms with van der Waals surface area (Å²) in [6.07, 6.45) is 5.35. The van der Waals surface area contributed by atoms with Crippen molar-refractivity contribution in [3.63, 3.8) is 0 Å². The zero-order chi connectivity index (χ0) is 31.7. The maximum absolute atomic E-state index is 14.7. The van der Waals surface area contributed by atoms with Gasteiger partial charge < -0.3 is 24.2 Å². The molecule has 1 aromatic heterocycles. The Morgan fingerprint density at radius 2 is 1.71 bits per heavy atom. The highest BCUT2D eigenvalue weighted by atomic mass is 35.5. The van der Waals surface area contributed by atoms with E-state index in [1.807, 2.05) is 12.1 Å². The van der Waals surface area contributed by atoms with Gasteiger partial charge in [-0.3, -0.25) is 9.59 Å². The van der Waals surface area contributed by atoms with Crippen LogP contribution in [0.25, 0.3) is 5.69 Å². The number of carboxylic acid groups (broad SMARTS) is 1. The van der Waals surface area contributed by atoms with Crippen LogP contribution in [0.1, 0.15) is 56.4 Å². The van der Waals surface area contributed by atoms with Gasteiger partial charge in [-0.25, -0.2) is 14.2 Å². The molecular weight excluding hydrogens is 599 g/mol. The second-order valence-electron chi connectivity index (χ2n) is 11.3.